The van der Waals surface area contributed by atoms with Crippen molar-refractivity contribution in [3.05, 3.63) is 132 Å². The summed E-state index contributed by atoms with van der Waals surface area (Å²) in [6.45, 7) is 4.26. The van der Waals surface area contributed by atoms with Gasteiger partial charge in [-0.3, -0.25) is 0 Å². The summed E-state index contributed by atoms with van der Waals surface area (Å²) in [6.07, 6.45) is 0. The van der Waals surface area contributed by atoms with Gasteiger partial charge in [0.05, 0.1) is 16.7 Å². The zero-order chi connectivity index (χ0) is 27.1. The predicted octanol–water partition coefficient (Wildman–Crippen LogP) is 8.71. The second kappa shape index (κ2) is 9.79. The Morgan fingerprint density at radius 3 is 1.57 bits per heavy atom. The SMILES string of the molecule is Cc1ccc2c(c1)c1cc(C)ccc1n2-c1ccccc1Oc1nc(-c2ccccc2)nc(-c2ccccc2)n1. The molecule has 192 valence electrons. The van der Waals surface area contributed by atoms with E-state index in [2.05, 4.69) is 60.9 Å². The molecule has 0 fully saturated rings. The van der Waals surface area contributed by atoms with E-state index in [1.54, 1.807) is 0 Å². The summed E-state index contributed by atoms with van der Waals surface area (Å²) in [5, 5.41) is 2.43. The van der Waals surface area contributed by atoms with Crippen molar-refractivity contribution in [2.24, 2.45) is 0 Å². The van der Waals surface area contributed by atoms with Gasteiger partial charge in [-0.2, -0.15) is 9.97 Å². The van der Waals surface area contributed by atoms with Crippen molar-refractivity contribution >= 4 is 21.8 Å². The fourth-order valence-corrected chi connectivity index (χ4v) is 5.17. The first-order valence-electron chi connectivity index (χ1n) is 13.3. The third kappa shape index (κ3) is 4.28. The Balaban J connectivity index is 1.41. The van der Waals surface area contributed by atoms with E-state index in [4.69, 9.17) is 19.7 Å². The lowest BCUT2D eigenvalue weighted by atomic mass is 10.1. The van der Waals surface area contributed by atoms with Crippen molar-refractivity contribution in [3.63, 3.8) is 0 Å². The van der Waals surface area contributed by atoms with Crippen molar-refractivity contribution in [2.45, 2.75) is 13.8 Å². The first kappa shape index (κ1) is 23.8. The summed E-state index contributed by atoms with van der Waals surface area (Å²) in [4.78, 5) is 14.3. The van der Waals surface area contributed by atoms with E-state index in [-0.39, 0.29) is 6.01 Å². The standard InChI is InChI=1S/C35H26N4O/c1-23-17-19-29-27(21-23)28-22-24(2)18-20-30(28)39(29)31-15-9-10-16-32(31)40-35-37-33(25-11-5-3-6-12-25)36-34(38-35)26-13-7-4-8-14-26/h3-22H,1-2H3. The van der Waals surface area contributed by atoms with Gasteiger partial charge in [0.15, 0.2) is 17.4 Å². The zero-order valence-electron chi connectivity index (χ0n) is 22.2. The molecule has 0 N–H and O–H groups in total. The highest BCUT2D eigenvalue weighted by Crippen LogP contribution is 2.37. The summed E-state index contributed by atoms with van der Waals surface area (Å²) in [5.41, 5.74) is 7.40. The van der Waals surface area contributed by atoms with E-state index in [1.807, 2.05) is 78.9 Å². The fraction of sp³-hybridized carbons (Fsp3) is 0.0571. The maximum atomic E-state index is 6.52. The molecule has 0 spiro atoms. The minimum absolute atomic E-state index is 0.243. The molecule has 2 aromatic heterocycles. The summed E-state index contributed by atoms with van der Waals surface area (Å²) >= 11 is 0. The maximum Gasteiger partial charge on any atom is 0.326 e. The van der Waals surface area contributed by atoms with Crippen LogP contribution in [0.4, 0.5) is 0 Å². The lowest BCUT2D eigenvalue weighted by molar-refractivity contribution is 0.439. The molecule has 0 aliphatic heterocycles. The molecule has 0 atom stereocenters. The van der Waals surface area contributed by atoms with Gasteiger partial charge in [-0.25, -0.2) is 4.98 Å². The predicted molar refractivity (Wildman–Crippen MR) is 161 cm³/mol. The Kier molecular flexibility index (Phi) is 5.82. The topological polar surface area (TPSA) is 52.8 Å². The number of rotatable bonds is 5. The van der Waals surface area contributed by atoms with Crippen molar-refractivity contribution in [1.82, 2.24) is 19.5 Å². The molecule has 5 aromatic carbocycles. The molecule has 0 saturated carbocycles. The molecular formula is C35H26N4O. The van der Waals surface area contributed by atoms with E-state index in [9.17, 15) is 0 Å². The Morgan fingerprint density at radius 2 is 1.02 bits per heavy atom. The Hall–Kier alpha value is -5.29. The fourth-order valence-electron chi connectivity index (χ4n) is 5.17. The molecule has 2 heterocycles. The largest absolute Gasteiger partial charge is 0.422 e. The first-order valence-corrected chi connectivity index (χ1v) is 13.3. The van der Waals surface area contributed by atoms with Crippen LogP contribution in [0.1, 0.15) is 11.1 Å². The van der Waals surface area contributed by atoms with E-state index in [1.165, 1.54) is 21.9 Å². The molecule has 5 heteroatoms. The number of benzene rings is 5. The van der Waals surface area contributed by atoms with Gasteiger partial charge in [-0.05, 0) is 50.2 Å². The van der Waals surface area contributed by atoms with Crippen LogP contribution in [-0.2, 0) is 0 Å². The highest BCUT2D eigenvalue weighted by Gasteiger charge is 2.18. The number of hydrogen-bond donors (Lipinski definition) is 0. The molecule has 40 heavy (non-hydrogen) atoms. The molecule has 7 aromatic rings. The molecule has 0 unspecified atom stereocenters. The first-order chi connectivity index (χ1) is 19.6. The lowest BCUT2D eigenvalue weighted by Gasteiger charge is -2.14. The van der Waals surface area contributed by atoms with Gasteiger partial charge in [-0.15, -0.1) is 0 Å². The summed E-state index contributed by atoms with van der Waals surface area (Å²) in [6, 6.07) is 41.3. The molecule has 5 nitrogen and oxygen atoms in total. The van der Waals surface area contributed by atoms with E-state index >= 15 is 0 Å². The third-order valence-electron chi connectivity index (χ3n) is 7.06. The Bertz CT molecular complexity index is 1880. The van der Waals surface area contributed by atoms with Crippen molar-refractivity contribution in [1.29, 1.82) is 0 Å². The molecule has 0 aliphatic rings. The minimum Gasteiger partial charge on any atom is -0.422 e. The van der Waals surface area contributed by atoms with Gasteiger partial charge in [0.25, 0.3) is 0 Å². The number of para-hydroxylation sites is 2. The number of fused-ring (bicyclic) bond motifs is 3. The van der Waals surface area contributed by atoms with Crippen LogP contribution in [0.3, 0.4) is 0 Å². The van der Waals surface area contributed by atoms with Gasteiger partial charge in [-0.1, -0.05) is 96.1 Å². The second-order valence-corrected chi connectivity index (χ2v) is 9.94. The lowest BCUT2D eigenvalue weighted by Crippen LogP contribution is -2.03. The van der Waals surface area contributed by atoms with Gasteiger partial charge in [0, 0.05) is 21.9 Å². The van der Waals surface area contributed by atoms with E-state index < -0.39 is 0 Å². The molecule has 0 radical (unpaired) electrons. The van der Waals surface area contributed by atoms with Crippen molar-refractivity contribution in [2.75, 3.05) is 0 Å². The molecule has 0 aliphatic carbocycles. The highest BCUT2D eigenvalue weighted by molar-refractivity contribution is 6.09. The Morgan fingerprint density at radius 1 is 0.525 bits per heavy atom. The van der Waals surface area contributed by atoms with Crippen LogP contribution < -0.4 is 4.74 Å². The second-order valence-electron chi connectivity index (χ2n) is 9.94. The smallest absolute Gasteiger partial charge is 0.326 e. The van der Waals surface area contributed by atoms with Crippen LogP contribution >= 0.6 is 0 Å². The van der Waals surface area contributed by atoms with Crippen molar-refractivity contribution < 1.29 is 4.74 Å². The quantitative estimate of drug-likeness (QED) is 0.229. The normalized spacial score (nSPS) is 11.2. The van der Waals surface area contributed by atoms with E-state index in [0.29, 0.717) is 17.4 Å². The van der Waals surface area contributed by atoms with Crippen LogP contribution in [0.5, 0.6) is 11.8 Å². The molecule has 0 bridgehead atoms. The van der Waals surface area contributed by atoms with Crippen LogP contribution in [0, 0.1) is 13.8 Å². The van der Waals surface area contributed by atoms with Gasteiger partial charge < -0.3 is 9.30 Å². The maximum absolute atomic E-state index is 6.52. The Labute approximate surface area is 232 Å². The van der Waals surface area contributed by atoms with Crippen molar-refractivity contribution in [3.8, 4) is 40.2 Å². The number of ether oxygens (including phenoxy) is 1. The molecular weight excluding hydrogens is 492 g/mol. The van der Waals surface area contributed by atoms with Gasteiger partial charge in [0.2, 0.25) is 0 Å². The van der Waals surface area contributed by atoms with Gasteiger partial charge >= 0.3 is 6.01 Å². The monoisotopic (exact) mass is 518 g/mol. The van der Waals surface area contributed by atoms with Crippen LogP contribution in [0.2, 0.25) is 0 Å². The van der Waals surface area contributed by atoms with Crippen LogP contribution in [0.25, 0.3) is 50.3 Å². The summed E-state index contributed by atoms with van der Waals surface area (Å²) in [5.74, 6) is 1.78. The molecule has 0 saturated heterocycles. The number of nitrogens with zero attached hydrogens (tertiary/aromatic N) is 4. The summed E-state index contributed by atoms with van der Waals surface area (Å²) < 4.78 is 8.78. The average Bonchev–Trinajstić information content (AvgIpc) is 3.30. The third-order valence-corrected chi connectivity index (χ3v) is 7.06. The zero-order valence-corrected chi connectivity index (χ0v) is 22.2. The van der Waals surface area contributed by atoms with Crippen LogP contribution in [0.15, 0.2) is 121 Å². The average molecular weight is 519 g/mol. The highest BCUT2D eigenvalue weighted by atomic mass is 16.5. The van der Waals surface area contributed by atoms with Gasteiger partial charge in [0.1, 0.15) is 0 Å². The number of aromatic nitrogens is 4. The minimum atomic E-state index is 0.243. The van der Waals surface area contributed by atoms with E-state index in [0.717, 1.165) is 27.8 Å². The number of hydrogen-bond acceptors (Lipinski definition) is 4. The van der Waals surface area contributed by atoms with Crippen LogP contribution in [-0.4, -0.2) is 19.5 Å². The number of aryl methyl sites for hydroxylation is 2. The summed E-state index contributed by atoms with van der Waals surface area (Å²) in [7, 11) is 0. The molecule has 0 amide bonds. The molecule has 7 rings (SSSR count).